The van der Waals surface area contributed by atoms with Gasteiger partial charge in [0.05, 0.1) is 12.5 Å². The number of ether oxygens (including phenoxy) is 2. The molecule has 0 heterocycles. The largest absolute Gasteiger partial charge is 0.491 e. The van der Waals surface area contributed by atoms with Gasteiger partial charge in [0.25, 0.3) is 0 Å². The fraction of sp³-hybridized carbons (Fsp3) is 0.639. The van der Waals surface area contributed by atoms with Crippen molar-refractivity contribution in [3.05, 3.63) is 48.3 Å². The van der Waals surface area contributed by atoms with Crippen LogP contribution in [0.2, 0.25) is 0 Å². The molecule has 40 heavy (non-hydrogen) atoms. The van der Waals surface area contributed by atoms with E-state index in [0.717, 1.165) is 55.6 Å². The highest BCUT2D eigenvalue weighted by molar-refractivity contribution is 5.75. The minimum Gasteiger partial charge on any atom is -0.491 e. The Morgan fingerprint density at radius 2 is 1.30 bits per heavy atom. The summed E-state index contributed by atoms with van der Waals surface area (Å²) < 4.78 is 26.0. The van der Waals surface area contributed by atoms with E-state index >= 15 is 0 Å². The number of unbranched alkanes of at least 4 members (excludes halogenated alkanes) is 11. The lowest BCUT2D eigenvalue weighted by atomic mass is 9.80. The summed E-state index contributed by atoms with van der Waals surface area (Å²) in [5.41, 5.74) is 1.66. The molecule has 0 amide bonds. The molecule has 0 saturated heterocycles. The Hall–Kier alpha value is -2.36. The van der Waals surface area contributed by atoms with Crippen molar-refractivity contribution in [1.29, 1.82) is 0 Å². The molecule has 222 valence electrons. The summed E-state index contributed by atoms with van der Waals surface area (Å²) in [4.78, 5) is 12.8. The van der Waals surface area contributed by atoms with E-state index in [4.69, 9.17) is 9.47 Å². The molecule has 0 spiro atoms. The second kappa shape index (κ2) is 18.9. The van der Waals surface area contributed by atoms with Gasteiger partial charge in [-0.2, -0.15) is 0 Å². The van der Waals surface area contributed by atoms with Gasteiger partial charge in [-0.3, -0.25) is 4.79 Å². The van der Waals surface area contributed by atoms with Crippen LogP contribution in [0.1, 0.15) is 129 Å². The van der Waals surface area contributed by atoms with Crippen LogP contribution in [0.25, 0.3) is 11.1 Å². The van der Waals surface area contributed by atoms with E-state index in [-0.39, 0.29) is 17.7 Å². The number of carbonyl (C=O) groups is 1. The van der Waals surface area contributed by atoms with E-state index in [1.54, 1.807) is 18.2 Å². The van der Waals surface area contributed by atoms with E-state index in [1.807, 2.05) is 18.2 Å². The third-order valence-electron chi connectivity index (χ3n) is 8.49. The molecule has 1 fully saturated rings. The first kappa shape index (κ1) is 32.2. The highest BCUT2D eigenvalue weighted by Crippen LogP contribution is 2.34. The summed E-state index contributed by atoms with van der Waals surface area (Å²) >= 11 is 0. The maximum absolute atomic E-state index is 14.6. The average Bonchev–Trinajstić information content (AvgIpc) is 2.97. The van der Waals surface area contributed by atoms with Crippen molar-refractivity contribution in [2.75, 3.05) is 6.61 Å². The van der Waals surface area contributed by atoms with Gasteiger partial charge in [-0.25, -0.2) is 4.39 Å². The van der Waals surface area contributed by atoms with E-state index in [2.05, 4.69) is 13.8 Å². The minimum atomic E-state index is -0.346. The van der Waals surface area contributed by atoms with Crippen molar-refractivity contribution in [1.82, 2.24) is 0 Å². The molecule has 2 aromatic rings. The minimum absolute atomic E-state index is 0.00273. The molecule has 2 aromatic carbocycles. The zero-order chi connectivity index (χ0) is 28.4. The van der Waals surface area contributed by atoms with Crippen molar-refractivity contribution < 1.29 is 18.7 Å². The van der Waals surface area contributed by atoms with E-state index in [9.17, 15) is 9.18 Å². The molecule has 3 nitrogen and oxygen atoms in total. The molecule has 0 N–H and O–H groups in total. The molecule has 0 atom stereocenters. The first-order valence-electron chi connectivity index (χ1n) is 16.3. The fourth-order valence-electron chi connectivity index (χ4n) is 5.85. The van der Waals surface area contributed by atoms with Crippen LogP contribution in [0.15, 0.2) is 42.5 Å². The molecule has 4 heteroatoms. The highest BCUT2D eigenvalue weighted by atomic mass is 19.1. The molecule has 0 aromatic heterocycles. The van der Waals surface area contributed by atoms with Crippen LogP contribution in [-0.2, 0) is 4.79 Å². The number of benzene rings is 2. The summed E-state index contributed by atoms with van der Waals surface area (Å²) in [6.07, 6.45) is 22.0. The number of hydrogen-bond acceptors (Lipinski definition) is 3. The van der Waals surface area contributed by atoms with Crippen LogP contribution < -0.4 is 9.47 Å². The van der Waals surface area contributed by atoms with E-state index < -0.39 is 0 Å². The standard InChI is InChI=1S/C36H53FO3/c1-3-5-7-9-11-12-14-16-29-17-19-31(20-18-29)36(38)40-33-24-21-30(22-25-33)32-23-26-35(34(37)28-32)39-27-15-13-10-8-6-4-2/h21-26,28-29,31H,3-20,27H2,1-2H3. The predicted octanol–water partition coefficient (Wildman–Crippen LogP) is 11.1. The molecule has 3 rings (SSSR count). The Bertz CT molecular complexity index is 963. The van der Waals surface area contributed by atoms with Gasteiger partial charge in [-0.1, -0.05) is 116 Å². The smallest absolute Gasteiger partial charge is 0.314 e. The highest BCUT2D eigenvalue weighted by Gasteiger charge is 2.27. The van der Waals surface area contributed by atoms with E-state index in [1.165, 1.54) is 83.1 Å². The van der Waals surface area contributed by atoms with Gasteiger partial charge in [0.15, 0.2) is 11.6 Å². The summed E-state index contributed by atoms with van der Waals surface area (Å²) in [7, 11) is 0. The van der Waals surface area contributed by atoms with Gasteiger partial charge in [-0.15, -0.1) is 0 Å². The summed E-state index contributed by atoms with van der Waals surface area (Å²) in [5, 5.41) is 0. The normalized spacial score (nSPS) is 17.1. The lowest BCUT2D eigenvalue weighted by molar-refractivity contribution is -0.140. The van der Waals surface area contributed by atoms with Gasteiger partial charge in [0.2, 0.25) is 0 Å². The van der Waals surface area contributed by atoms with Crippen molar-refractivity contribution in [2.24, 2.45) is 11.8 Å². The molecule has 0 aliphatic heterocycles. The molecular weight excluding hydrogens is 499 g/mol. The third-order valence-corrected chi connectivity index (χ3v) is 8.49. The first-order valence-corrected chi connectivity index (χ1v) is 16.3. The molecular formula is C36H53FO3. The number of carbonyl (C=O) groups excluding carboxylic acids is 1. The monoisotopic (exact) mass is 552 g/mol. The Labute approximate surface area is 243 Å². The van der Waals surface area contributed by atoms with Crippen LogP contribution in [-0.4, -0.2) is 12.6 Å². The van der Waals surface area contributed by atoms with Crippen LogP contribution in [0.4, 0.5) is 4.39 Å². The second-order valence-corrected chi connectivity index (χ2v) is 11.8. The lowest BCUT2D eigenvalue weighted by Crippen LogP contribution is -2.25. The van der Waals surface area contributed by atoms with Crippen molar-refractivity contribution in [2.45, 2.75) is 129 Å². The van der Waals surface area contributed by atoms with Gasteiger partial charge < -0.3 is 9.47 Å². The van der Waals surface area contributed by atoms with Gasteiger partial charge in [-0.05, 0) is 73.4 Å². The van der Waals surface area contributed by atoms with Crippen LogP contribution in [0, 0.1) is 17.7 Å². The SMILES string of the molecule is CCCCCCCCCC1CCC(C(=O)Oc2ccc(-c3ccc(OCCCCCCCC)c(F)c3)cc2)CC1. The maximum atomic E-state index is 14.6. The maximum Gasteiger partial charge on any atom is 0.314 e. The van der Waals surface area contributed by atoms with Gasteiger partial charge in [0, 0.05) is 0 Å². The number of esters is 1. The lowest BCUT2D eigenvalue weighted by Gasteiger charge is -2.27. The molecule has 1 aliphatic carbocycles. The Morgan fingerprint density at radius 3 is 1.93 bits per heavy atom. The molecule has 0 bridgehead atoms. The van der Waals surface area contributed by atoms with E-state index in [0.29, 0.717) is 18.1 Å². The van der Waals surface area contributed by atoms with Crippen LogP contribution in [0.3, 0.4) is 0 Å². The Kier molecular flexibility index (Phi) is 15.2. The van der Waals surface area contributed by atoms with Crippen LogP contribution >= 0.6 is 0 Å². The summed E-state index contributed by atoms with van der Waals surface area (Å²) in [6.45, 7) is 5.02. The first-order chi connectivity index (χ1) is 19.6. The molecule has 1 saturated carbocycles. The molecule has 0 unspecified atom stereocenters. The third kappa shape index (κ3) is 11.6. The number of hydrogen-bond donors (Lipinski definition) is 0. The molecule has 0 radical (unpaired) electrons. The van der Waals surface area contributed by atoms with Crippen molar-refractivity contribution >= 4 is 5.97 Å². The van der Waals surface area contributed by atoms with Crippen LogP contribution in [0.5, 0.6) is 11.5 Å². The Balaban J connectivity index is 1.36. The van der Waals surface area contributed by atoms with Gasteiger partial charge >= 0.3 is 5.97 Å². The molecule has 1 aliphatic rings. The number of rotatable bonds is 19. The predicted molar refractivity (Wildman–Crippen MR) is 164 cm³/mol. The van der Waals surface area contributed by atoms with Gasteiger partial charge in [0.1, 0.15) is 5.75 Å². The quantitative estimate of drug-likeness (QED) is 0.0987. The van der Waals surface area contributed by atoms with Crippen molar-refractivity contribution in [3.63, 3.8) is 0 Å². The summed E-state index contributed by atoms with van der Waals surface area (Å²) in [5.74, 6) is 1.18. The Morgan fingerprint density at radius 1 is 0.725 bits per heavy atom. The number of halogens is 1. The van der Waals surface area contributed by atoms with Crippen molar-refractivity contribution in [3.8, 4) is 22.6 Å². The zero-order valence-electron chi connectivity index (χ0n) is 25.2. The summed E-state index contributed by atoms with van der Waals surface area (Å²) in [6, 6.07) is 12.5. The topological polar surface area (TPSA) is 35.5 Å². The second-order valence-electron chi connectivity index (χ2n) is 11.8. The fourth-order valence-corrected chi connectivity index (χ4v) is 5.85. The average molecular weight is 553 g/mol. The zero-order valence-corrected chi connectivity index (χ0v) is 25.2.